The smallest absolute Gasteiger partial charge is 0.416 e. The van der Waals surface area contributed by atoms with Crippen molar-refractivity contribution in [3.63, 3.8) is 0 Å². The van der Waals surface area contributed by atoms with Gasteiger partial charge in [0.15, 0.2) is 11.9 Å². The average molecular weight is 550 g/mol. The van der Waals surface area contributed by atoms with E-state index >= 15 is 0 Å². The van der Waals surface area contributed by atoms with Crippen LogP contribution in [0.1, 0.15) is 17.5 Å². The topological polar surface area (TPSA) is 112 Å². The van der Waals surface area contributed by atoms with Gasteiger partial charge in [-0.05, 0) is 48.6 Å². The quantitative estimate of drug-likeness (QED) is 0.358. The summed E-state index contributed by atoms with van der Waals surface area (Å²) >= 11 is 0. The van der Waals surface area contributed by atoms with Crippen LogP contribution in [0.5, 0.6) is 0 Å². The van der Waals surface area contributed by atoms with Crippen LogP contribution in [-0.2, 0) is 41.4 Å². The Morgan fingerprint density at radius 2 is 1.62 bits per heavy atom. The van der Waals surface area contributed by atoms with Gasteiger partial charge in [-0.25, -0.2) is 9.69 Å². The minimum atomic E-state index is -1.09. The Balaban J connectivity index is 1.48. The summed E-state index contributed by atoms with van der Waals surface area (Å²) in [4.78, 5) is 41.0. The lowest BCUT2D eigenvalue weighted by molar-refractivity contribution is -0.143. The Kier molecular flexibility index (Phi) is 11.0. The number of cyclic esters (lactones) is 1. The normalized spacial score (nSPS) is 20.4. The van der Waals surface area contributed by atoms with Gasteiger partial charge in [0.25, 0.3) is 0 Å². The molecule has 1 fully saturated rings. The van der Waals surface area contributed by atoms with Gasteiger partial charge in [0.05, 0.1) is 45.0 Å². The number of carbonyl (C=O) groups excluding carboxylic acids is 3. The monoisotopic (exact) mass is 549 g/mol. The van der Waals surface area contributed by atoms with Crippen LogP contribution < -0.4 is 0 Å². The summed E-state index contributed by atoms with van der Waals surface area (Å²) in [6.07, 6.45) is 4.18. The Morgan fingerprint density at radius 3 is 2.33 bits per heavy atom. The first-order valence-corrected chi connectivity index (χ1v) is 13.5. The SMILES string of the molecule is O=C1C=CC(=CCCOCCOCCO)O[C@@H]1[C@@H](Cc1ccccc1)C(=O)N1C(=O)OC[C@H]1Cc1ccccc1. The number of hydrogen-bond donors (Lipinski definition) is 1. The molecule has 40 heavy (non-hydrogen) atoms. The maximum Gasteiger partial charge on any atom is 0.416 e. The number of benzene rings is 2. The third kappa shape index (κ3) is 8.11. The molecule has 212 valence electrons. The van der Waals surface area contributed by atoms with Crippen molar-refractivity contribution in [1.82, 2.24) is 4.90 Å². The number of hydrogen-bond acceptors (Lipinski definition) is 8. The zero-order valence-electron chi connectivity index (χ0n) is 22.4. The molecule has 1 saturated heterocycles. The van der Waals surface area contributed by atoms with Crippen LogP contribution in [0.15, 0.2) is 84.7 Å². The molecule has 0 unspecified atom stereocenters. The summed E-state index contributed by atoms with van der Waals surface area (Å²) in [6, 6.07) is 18.5. The fraction of sp³-hybridized carbons (Fsp3) is 0.387. The first-order chi connectivity index (χ1) is 19.6. The van der Waals surface area contributed by atoms with Crippen LogP contribution in [0.4, 0.5) is 4.79 Å². The number of imide groups is 1. The van der Waals surface area contributed by atoms with Crippen molar-refractivity contribution in [2.24, 2.45) is 5.92 Å². The second-order valence-corrected chi connectivity index (χ2v) is 9.54. The van der Waals surface area contributed by atoms with Crippen molar-refractivity contribution in [2.75, 3.05) is 39.6 Å². The third-order valence-corrected chi connectivity index (χ3v) is 6.66. The lowest BCUT2D eigenvalue weighted by Crippen LogP contribution is -2.49. The average Bonchev–Trinajstić information content (AvgIpc) is 3.34. The van der Waals surface area contributed by atoms with Crippen molar-refractivity contribution < 1.29 is 38.4 Å². The number of nitrogens with zero attached hydrogens (tertiary/aromatic N) is 1. The Bertz CT molecular complexity index is 1180. The van der Waals surface area contributed by atoms with Crippen LogP contribution in [0.2, 0.25) is 0 Å². The number of amides is 2. The van der Waals surface area contributed by atoms with E-state index in [1.165, 1.54) is 6.08 Å². The van der Waals surface area contributed by atoms with E-state index in [-0.39, 0.29) is 32.0 Å². The first-order valence-electron chi connectivity index (χ1n) is 13.5. The van der Waals surface area contributed by atoms with Crippen LogP contribution in [-0.4, -0.2) is 79.6 Å². The molecule has 0 aliphatic carbocycles. The molecule has 0 aromatic heterocycles. The molecule has 0 saturated carbocycles. The zero-order chi connectivity index (χ0) is 28.2. The molecule has 2 aliphatic rings. The Morgan fingerprint density at radius 1 is 0.950 bits per heavy atom. The zero-order valence-corrected chi connectivity index (χ0v) is 22.4. The van der Waals surface area contributed by atoms with E-state index in [9.17, 15) is 14.4 Å². The van der Waals surface area contributed by atoms with Gasteiger partial charge in [-0.3, -0.25) is 9.59 Å². The van der Waals surface area contributed by atoms with Gasteiger partial charge < -0.3 is 24.1 Å². The number of carbonyl (C=O) groups is 3. The molecule has 3 atom stereocenters. The van der Waals surface area contributed by atoms with Gasteiger partial charge in [0, 0.05) is 0 Å². The van der Waals surface area contributed by atoms with Gasteiger partial charge in [-0.1, -0.05) is 60.7 Å². The molecule has 0 spiro atoms. The second kappa shape index (κ2) is 15.1. The highest BCUT2D eigenvalue weighted by Crippen LogP contribution is 2.28. The summed E-state index contributed by atoms with van der Waals surface area (Å²) in [7, 11) is 0. The number of aliphatic hydroxyl groups is 1. The molecule has 9 nitrogen and oxygen atoms in total. The van der Waals surface area contributed by atoms with Crippen LogP contribution in [0, 0.1) is 5.92 Å². The molecule has 2 amide bonds. The number of ether oxygens (including phenoxy) is 4. The summed E-state index contributed by atoms with van der Waals surface area (Å²) in [6.45, 7) is 1.52. The molecule has 1 N–H and O–H groups in total. The van der Waals surface area contributed by atoms with E-state index in [0.29, 0.717) is 38.4 Å². The minimum Gasteiger partial charge on any atom is -0.482 e. The van der Waals surface area contributed by atoms with Crippen molar-refractivity contribution in [3.8, 4) is 0 Å². The van der Waals surface area contributed by atoms with Gasteiger partial charge >= 0.3 is 6.09 Å². The fourth-order valence-electron chi connectivity index (χ4n) is 4.71. The van der Waals surface area contributed by atoms with Gasteiger partial charge in [-0.15, -0.1) is 0 Å². The summed E-state index contributed by atoms with van der Waals surface area (Å²) in [5.41, 5.74) is 1.82. The predicted molar refractivity (Wildman–Crippen MR) is 146 cm³/mol. The molecule has 2 heterocycles. The van der Waals surface area contributed by atoms with E-state index < -0.39 is 30.1 Å². The maximum atomic E-state index is 14.0. The lowest BCUT2D eigenvalue weighted by Gasteiger charge is -2.31. The first kappa shape index (κ1) is 29.2. The second-order valence-electron chi connectivity index (χ2n) is 9.54. The number of rotatable bonds is 14. The molecule has 2 aromatic carbocycles. The Hall–Kier alpha value is -3.79. The standard InChI is InChI=1S/C31H35NO8/c33-15-17-38-19-18-37-16-7-12-26-13-14-28(34)29(40-26)27(21-24-10-5-2-6-11-24)30(35)32-25(22-39-31(32)36)20-23-8-3-1-4-9-23/h1-6,8-14,25,27,29,33H,7,15-22H2/t25-,27-,29-/m1/s1. The van der Waals surface area contributed by atoms with E-state index in [0.717, 1.165) is 16.0 Å². The van der Waals surface area contributed by atoms with Crippen molar-refractivity contribution >= 4 is 17.8 Å². The van der Waals surface area contributed by atoms with Gasteiger partial charge in [0.2, 0.25) is 5.91 Å². The van der Waals surface area contributed by atoms with E-state index in [1.54, 1.807) is 12.2 Å². The molecule has 4 rings (SSSR count). The van der Waals surface area contributed by atoms with E-state index in [1.807, 2.05) is 60.7 Å². The van der Waals surface area contributed by atoms with E-state index in [2.05, 4.69) is 0 Å². The number of ketones is 1. The van der Waals surface area contributed by atoms with Gasteiger partial charge in [0.1, 0.15) is 12.4 Å². The van der Waals surface area contributed by atoms with Crippen LogP contribution >= 0.6 is 0 Å². The largest absolute Gasteiger partial charge is 0.482 e. The summed E-state index contributed by atoms with van der Waals surface area (Å²) in [5.74, 6) is -1.31. The minimum absolute atomic E-state index is 0.0317. The number of allylic oxidation sites excluding steroid dienone is 1. The van der Waals surface area contributed by atoms with Crippen molar-refractivity contribution in [1.29, 1.82) is 0 Å². The maximum absolute atomic E-state index is 14.0. The molecular formula is C31H35NO8. The van der Waals surface area contributed by atoms with Crippen molar-refractivity contribution in [2.45, 2.75) is 31.4 Å². The highest BCUT2D eigenvalue weighted by atomic mass is 16.6. The molecular weight excluding hydrogens is 514 g/mol. The Labute approximate surface area is 234 Å². The highest BCUT2D eigenvalue weighted by molar-refractivity contribution is 6.02. The van der Waals surface area contributed by atoms with E-state index in [4.69, 9.17) is 24.1 Å². The summed E-state index contributed by atoms with van der Waals surface area (Å²) in [5, 5.41) is 8.73. The molecule has 0 bridgehead atoms. The fourth-order valence-corrected chi connectivity index (χ4v) is 4.71. The molecule has 2 aliphatic heterocycles. The predicted octanol–water partition coefficient (Wildman–Crippen LogP) is 3.26. The van der Waals surface area contributed by atoms with Crippen LogP contribution in [0.25, 0.3) is 0 Å². The van der Waals surface area contributed by atoms with Gasteiger partial charge in [-0.2, -0.15) is 0 Å². The van der Waals surface area contributed by atoms with Crippen LogP contribution in [0.3, 0.4) is 0 Å². The lowest BCUT2D eigenvalue weighted by atomic mass is 9.88. The van der Waals surface area contributed by atoms with Crippen molar-refractivity contribution in [3.05, 3.63) is 95.8 Å². The molecule has 9 heteroatoms. The number of aliphatic hydroxyl groups excluding tert-OH is 1. The molecule has 0 radical (unpaired) electrons. The molecule has 2 aromatic rings. The summed E-state index contributed by atoms with van der Waals surface area (Å²) < 4.78 is 22.0. The highest BCUT2D eigenvalue weighted by Gasteiger charge is 2.45. The third-order valence-electron chi connectivity index (χ3n) is 6.66.